The van der Waals surface area contributed by atoms with Gasteiger partial charge in [-0.15, -0.1) is 24.2 Å². The molecule has 2 aliphatic rings. The van der Waals surface area contributed by atoms with Crippen LogP contribution in [0, 0.1) is 0 Å². The first-order valence-electron chi connectivity index (χ1n) is 9.87. The van der Waals surface area contributed by atoms with E-state index in [0.29, 0.717) is 11.2 Å². The lowest BCUT2D eigenvalue weighted by molar-refractivity contribution is 0.531. The van der Waals surface area contributed by atoms with Crippen molar-refractivity contribution in [2.24, 2.45) is 0 Å². The van der Waals surface area contributed by atoms with Crippen molar-refractivity contribution in [2.45, 2.75) is 48.3 Å². The lowest BCUT2D eigenvalue weighted by Gasteiger charge is -2.21. The third-order valence-electron chi connectivity index (χ3n) is 5.45. The number of nitrogen functional groups attached to an aromatic ring is 1. The summed E-state index contributed by atoms with van der Waals surface area (Å²) in [5.41, 5.74) is 11.7. The average Bonchev–Trinajstić information content (AvgIpc) is 3.45. The molecule has 1 aromatic carbocycles. The van der Waals surface area contributed by atoms with E-state index in [-0.39, 0.29) is 12.4 Å². The molecule has 5 rings (SSSR count). The van der Waals surface area contributed by atoms with Gasteiger partial charge in [-0.3, -0.25) is 0 Å². The molecular formula is C21H26ClN5S. The fourth-order valence-electron chi connectivity index (χ4n) is 3.91. The van der Waals surface area contributed by atoms with Gasteiger partial charge in [-0.05, 0) is 50.4 Å². The summed E-state index contributed by atoms with van der Waals surface area (Å²) in [6, 6.07) is 12.6. The maximum atomic E-state index is 6.41. The summed E-state index contributed by atoms with van der Waals surface area (Å²) in [7, 11) is 0. The number of aromatic nitrogens is 3. The number of halogens is 1. The van der Waals surface area contributed by atoms with E-state index >= 15 is 0 Å². The highest BCUT2D eigenvalue weighted by atomic mass is 35.5. The van der Waals surface area contributed by atoms with E-state index in [4.69, 9.17) is 15.8 Å². The number of hydrogen-bond donors (Lipinski definition) is 2. The molecular weight excluding hydrogens is 390 g/mol. The Morgan fingerprint density at radius 2 is 1.86 bits per heavy atom. The number of nitrogens with one attached hydrogen (secondary N) is 1. The lowest BCUT2D eigenvalue weighted by atomic mass is 10.1. The molecule has 1 saturated carbocycles. The van der Waals surface area contributed by atoms with E-state index in [0.717, 1.165) is 41.6 Å². The van der Waals surface area contributed by atoms with Gasteiger partial charge >= 0.3 is 0 Å². The topological polar surface area (TPSA) is 68.2 Å². The van der Waals surface area contributed by atoms with Gasteiger partial charge in [-0.1, -0.05) is 30.3 Å². The fraction of sp³-hybridized carbons (Fsp3) is 0.429. The van der Waals surface area contributed by atoms with Gasteiger partial charge < -0.3 is 11.1 Å². The molecule has 28 heavy (non-hydrogen) atoms. The van der Waals surface area contributed by atoms with Gasteiger partial charge in [0.2, 0.25) is 0 Å². The van der Waals surface area contributed by atoms with Crippen molar-refractivity contribution < 1.29 is 0 Å². The van der Waals surface area contributed by atoms with Gasteiger partial charge in [0, 0.05) is 17.6 Å². The molecule has 0 atom stereocenters. The number of nitrogens with zero attached hydrogens (tertiary/aromatic N) is 3. The number of benzene rings is 1. The third kappa shape index (κ3) is 4.00. The molecule has 7 heteroatoms. The van der Waals surface area contributed by atoms with Crippen molar-refractivity contribution in [2.75, 3.05) is 18.8 Å². The maximum Gasteiger partial charge on any atom is 0.177 e. The Morgan fingerprint density at radius 3 is 2.57 bits per heavy atom. The molecule has 5 nitrogen and oxygen atoms in total. The molecule has 3 heterocycles. The van der Waals surface area contributed by atoms with Crippen LogP contribution in [0.2, 0.25) is 0 Å². The van der Waals surface area contributed by atoms with Crippen LogP contribution in [0.4, 0.5) is 5.69 Å². The minimum atomic E-state index is 0. The number of fused-ring (bicyclic) bond motifs is 1. The number of anilines is 1. The van der Waals surface area contributed by atoms with Crippen LogP contribution in [0.1, 0.15) is 48.6 Å². The van der Waals surface area contributed by atoms with Gasteiger partial charge in [0.15, 0.2) is 5.65 Å². The molecule has 1 aliphatic heterocycles. The summed E-state index contributed by atoms with van der Waals surface area (Å²) >= 11 is 1.87. The largest absolute Gasteiger partial charge is 0.396 e. The minimum absolute atomic E-state index is 0. The predicted octanol–water partition coefficient (Wildman–Crippen LogP) is 4.05. The number of nitrogens with two attached hydrogens (primary N) is 1. The van der Waals surface area contributed by atoms with Crippen LogP contribution in [0.3, 0.4) is 0 Å². The smallest absolute Gasteiger partial charge is 0.177 e. The molecule has 3 aromatic rings. The predicted molar refractivity (Wildman–Crippen MR) is 118 cm³/mol. The van der Waals surface area contributed by atoms with Crippen molar-refractivity contribution in [3.8, 4) is 0 Å². The molecule has 0 radical (unpaired) electrons. The highest BCUT2D eigenvalue weighted by Crippen LogP contribution is 2.43. The highest BCUT2D eigenvalue weighted by molar-refractivity contribution is 7.99. The third-order valence-corrected chi connectivity index (χ3v) is 6.70. The summed E-state index contributed by atoms with van der Waals surface area (Å²) in [4.78, 5) is 4.91. The Balaban J connectivity index is 0.00000192. The van der Waals surface area contributed by atoms with Crippen molar-refractivity contribution in [3.05, 3.63) is 53.3 Å². The second kappa shape index (κ2) is 8.31. The SMILES string of the molecule is Cl.Nc1cc(SC2CCNCC2)nn2c(C3CC3)c(Cc3ccccc3)nc12. The summed E-state index contributed by atoms with van der Waals surface area (Å²) in [6.45, 7) is 2.18. The normalized spacial score (nSPS) is 17.6. The van der Waals surface area contributed by atoms with Crippen LogP contribution < -0.4 is 11.1 Å². The average molecular weight is 416 g/mol. The Morgan fingerprint density at radius 1 is 1.11 bits per heavy atom. The summed E-state index contributed by atoms with van der Waals surface area (Å²) < 4.78 is 2.05. The highest BCUT2D eigenvalue weighted by Gasteiger charge is 2.32. The minimum Gasteiger partial charge on any atom is -0.396 e. The summed E-state index contributed by atoms with van der Waals surface area (Å²) in [5.74, 6) is 0.574. The van der Waals surface area contributed by atoms with E-state index in [1.165, 1.54) is 36.9 Å². The van der Waals surface area contributed by atoms with Crippen LogP contribution >= 0.6 is 24.2 Å². The quantitative estimate of drug-likeness (QED) is 0.658. The number of rotatable bonds is 5. The molecule has 0 unspecified atom stereocenters. The molecule has 148 valence electrons. The van der Waals surface area contributed by atoms with Gasteiger partial charge in [0.05, 0.1) is 17.1 Å². The first-order valence-corrected chi connectivity index (χ1v) is 10.8. The molecule has 0 bridgehead atoms. The monoisotopic (exact) mass is 415 g/mol. The molecule has 1 aliphatic carbocycles. The van der Waals surface area contributed by atoms with Crippen molar-refractivity contribution >= 4 is 35.5 Å². The van der Waals surface area contributed by atoms with Gasteiger partial charge in [0.25, 0.3) is 0 Å². The van der Waals surface area contributed by atoms with Crippen molar-refractivity contribution in [1.82, 2.24) is 19.9 Å². The Kier molecular flexibility index (Phi) is 5.80. The standard InChI is InChI=1S/C21H25N5S.ClH/c22-17-13-19(27-16-8-10-23-11-9-16)25-26-20(15-6-7-15)18(24-21(17)26)12-14-4-2-1-3-5-14;/h1-5,13,15-16,23H,6-12,22H2;1H. The van der Waals surface area contributed by atoms with Crippen molar-refractivity contribution in [1.29, 1.82) is 0 Å². The molecule has 0 amide bonds. The Bertz CT molecular complexity index is 948. The lowest BCUT2D eigenvalue weighted by Crippen LogP contribution is -2.29. The zero-order valence-corrected chi connectivity index (χ0v) is 17.4. The van der Waals surface area contributed by atoms with E-state index in [1.54, 1.807) is 0 Å². The van der Waals surface area contributed by atoms with Gasteiger partial charge in [-0.2, -0.15) is 5.10 Å². The zero-order valence-electron chi connectivity index (χ0n) is 15.8. The Hall–Kier alpha value is -1.76. The second-order valence-electron chi connectivity index (χ2n) is 7.62. The van der Waals surface area contributed by atoms with E-state index in [2.05, 4.69) is 40.2 Å². The molecule has 1 saturated heterocycles. The second-order valence-corrected chi connectivity index (χ2v) is 8.94. The molecule has 2 aromatic heterocycles. The summed E-state index contributed by atoms with van der Waals surface area (Å²) in [5, 5.41) is 10.0. The van der Waals surface area contributed by atoms with E-state index < -0.39 is 0 Å². The first kappa shape index (κ1) is 19.6. The van der Waals surface area contributed by atoms with E-state index in [9.17, 15) is 0 Å². The number of imidazole rings is 1. The number of piperidine rings is 1. The molecule has 2 fully saturated rings. The number of thioether (sulfide) groups is 1. The van der Waals surface area contributed by atoms with Gasteiger partial charge in [0.1, 0.15) is 5.03 Å². The van der Waals surface area contributed by atoms with Crippen LogP contribution in [0.25, 0.3) is 5.65 Å². The van der Waals surface area contributed by atoms with Crippen LogP contribution in [-0.4, -0.2) is 32.9 Å². The Labute approximate surface area is 175 Å². The first-order chi connectivity index (χ1) is 13.3. The van der Waals surface area contributed by atoms with Crippen LogP contribution in [0.15, 0.2) is 41.4 Å². The summed E-state index contributed by atoms with van der Waals surface area (Å²) in [6.07, 6.45) is 5.66. The molecule has 0 spiro atoms. The number of hydrogen-bond acceptors (Lipinski definition) is 5. The van der Waals surface area contributed by atoms with Gasteiger partial charge in [-0.25, -0.2) is 9.50 Å². The van der Waals surface area contributed by atoms with Crippen LogP contribution in [0.5, 0.6) is 0 Å². The fourth-order valence-corrected chi connectivity index (χ4v) is 5.04. The van der Waals surface area contributed by atoms with Crippen LogP contribution in [-0.2, 0) is 6.42 Å². The maximum absolute atomic E-state index is 6.41. The zero-order chi connectivity index (χ0) is 18.2. The van der Waals surface area contributed by atoms with E-state index in [1.807, 2.05) is 17.8 Å². The molecule has 3 N–H and O–H groups in total. The van der Waals surface area contributed by atoms with Crippen molar-refractivity contribution in [3.63, 3.8) is 0 Å².